The molecule has 222 valence electrons. The molecule has 2 aromatic carbocycles. The molecule has 2 heterocycles. The van der Waals surface area contributed by atoms with Gasteiger partial charge in [-0.15, -0.1) is 0 Å². The SMILES string of the molecule is CO[C@H]1CN(C)C(=O)c2cc(NC(=O)Nc3cc(F)ccc3F)ccc2OC[C@H](C)N(C(=O)c2ccccn2)C[C@H]1C. The van der Waals surface area contributed by atoms with Crippen LogP contribution in [0.15, 0.2) is 60.8 Å². The highest BCUT2D eigenvalue weighted by atomic mass is 19.1. The van der Waals surface area contributed by atoms with Crippen molar-refractivity contribution in [3.63, 3.8) is 0 Å². The van der Waals surface area contributed by atoms with Gasteiger partial charge in [0.15, 0.2) is 0 Å². The fourth-order valence-electron chi connectivity index (χ4n) is 4.65. The number of carbonyl (C=O) groups is 3. The summed E-state index contributed by atoms with van der Waals surface area (Å²) in [5, 5.41) is 4.79. The summed E-state index contributed by atoms with van der Waals surface area (Å²) < 4.78 is 39.3. The number of benzene rings is 2. The van der Waals surface area contributed by atoms with Crippen LogP contribution in [0.25, 0.3) is 0 Å². The minimum absolute atomic E-state index is 0.0685. The van der Waals surface area contributed by atoms with Gasteiger partial charge in [0.25, 0.3) is 11.8 Å². The highest BCUT2D eigenvalue weighted by Crippen LogP contribution is 2.27. The number of fused-ring (bicyclic) bond motifs is 1. The maximum atomic E-state index is 14.0. The van der Waals surface area contributed by atoms with Crippen molar-refractivity contribution in [2.24, 2.45) is 5.92 Å². The van der Waals surface area contributed by atoms with E-state index in [-0.39, 0.29) is 53.6 Å². The molecule has 3 aromatic rings. The standard InChI is InChI=1S/C30H33F2N5O5/c1-18-15-37(29(39)24-7-5-6-12-33-24)19(2)17-42-26-11-9-21(14-22(26)28(38)36(3)16-27(18)41-4)34-30(40)35-25-13-20(31)8-10-23(25)32/h5-14,18-19,27H,15-17H2,1-4H3,(H2,34,35,40)/t18-,19+,27+/m1/s1. The Hall–Kier alpha value is -4.58. The lowest BCUT2D eigenvalue weighted by Crippen LogP contribution is -2.48. The molecule has 0 bridgehead atoms. The van der Waals surface area contributed by atoms with E-state index >= 15 is 0 Å². The smallest absolute Gasteiger partial charge is 0.323 e. The van der Waals surface area contributed by atoms with Gasteiger partial charge in [-0.1, -0.05) is 13.0 Å². The Morgan fingerprint density at radius 3 is 2.55 bits per heavy atom. The molecule has 1 aromatic heterocycles. The van der Waals surface area contributed by atoms with Crippen molar-refractivity contribution in [2.45, 2.75) is 26.0 Å². The average Bonchev–Trinajstić information content (AvgIpc) is 2.98. The number of pyridine rings is 1. The number of nitrogens with zero attached hydrogens (tertiary/aromatic N) is 3. The van der Waals surface area contributed by atoms with Crippen molar-refractivity contribution in [3.05, 3.63) is 83.7 Å². The Morgan fingerprint density at radius 2 is 1.83 bits per heavy atom. The van der Waals surface area contributed by atoms with E-state index in [4.69, 9.17) is 9.47 Å². The van der Waals surface area contributed by atoms with Crippen LogP contribution in [-0.2, 0) is 4.74 Å². The summed E-state index contributed by atoms with van der Waals surface area (Å²) in [6.07, 6.45) is 1.16. The molecule has 3 atom stereocenters. The summed E-state index contributed by atoms with van der Waals surface area (Å²) in [6, 6.07) is 11.1. The zero-order valence-corrected chi connectivity index (χ0v) is 23.8. The van der Waals surface area contributed by atoms with Gasteiger partial charge in [0.05, 0.1) is 23.4 Å². The number of nitrogens with one attached hydrogen (secondary N) is 2. The Balaban J connectivity index is 1.61. The third kappa shape index (κ3) is 7.19. The Morgan fingerprint density at radius 1 is 1.05 bits per heavy atom. The number of hydrogen-bond donors (Lipinski definition) is 2. The van der Waals surface area contributed by atoms with Crippen LogP contribution in [0.2, 0.25) is 0 Å². The number of hydrogen-bond acceptors (Lipinski definition) is 6. The van der Waals surface area contributed by atoms with Crippen molar-refractivity contribution in [2.75, 3.05) is 44.5 Å². The monoisotopic (exact) mass is 581 g/mol. The van der Waals surface area contributed by atoms with Crippen LogP contribution in [0.3, 0.4) is 0 Å². The average molecular weight is 582 g/mol. The lowest BCUT2D eigenvalue weighted by molar-refractivity contribution is 0.0109. The number of urea groups is 1. The Kier molecular flexibility index (Phi) is 9.68. The first-order valence-electron chi connectivity index (χ1n) is 13.4. The van der Waals surface area contributed by atoms with E-state index < -0.39 is 29.8 Å². The van der Waals surface area contributed by atoms with Gasteiger partial charge < -0.3 is 29.9 Å². The number of likely N-dealkylation sites (N-methyl/N-ethyl adjacent to an activating group) is 1. The number of rotatable bonds is 4. The number of amides is 4. The van der Waals surface area contributed by atoms with E-state index in [0.29, 0.717) is 12.2 Å². The molecule has 4 rings (SSSR count). The van der Waals surface area contributed by atoms with Gasteiger partial charge in [-0.2, -0.15) is 0 Å². The first-order chi connectivity index (χ1) is 20.1. The second-order valence-electron chi connectivity index (χ2n) is 10.2. The molecule has 0 saturated heterocycles. The number of ether oxygens (including phenoxy) is 2. The molecule has 12 heteroatoms. The van der Waals surface area contributed by atoms with Gasteiger partial charge in [-0.3, -0.25) is 14.6 Å². The summed E-state index contributed by atoms with van der Waals surface area (Å²) in [5.74, 6) is -2.06. The lowest BCUT2D eigenvalue weighted by Gasteiger charge is -2.36. The molecule has 0 aliphatic carbocycles. The van der Waals surface area contributed by atoms with Crippen LogP contribution in [-0.4, -0.2) is 78.6 Å². The molecular formula is C30H33F2N5O5. The van der Waals surface area contributed by atoms with Crippen molar-refractivity contribution in [1.29, 1.82) is 0 Å². The molecule has 4 amide bonds. The fraction of sp³-hybridized carbons (Fsp3) is 0.333. The zero-order chi connectivity index (χ0) is 30.4. The zero-order valence-electron chi connectivity index (χ0n) is 23.8. The molecule has 10 nitrogen and oxygen atoms in total. The third-order valence-corrected chi connectivity index (χ3v) is 7.02. The van der Waals surface area contributed by atoms with Crippen molar-refractivity contribution >= 4 is 29.2 Å². The summed E-state index contributed by atoms with van der Waals surface area (Å²) >= 11 is 0. The van der Waals surface area contributed by atoms with E-state index in [1.54, 1.807) is 43.5 Å². The number of aromatic nitrogens is 1. The highest BCUT2D eigenvalue weighted by molar-refractivity contribution is 6.02. The molecule has 2 N–H and O–H groups in total. The van der Waals surface area contributed by atoms with Crippen LogP contribution in [0.1, 0.15) is 34.7 Å². The molecule has 1 aliphatic rings. The quantitative estimate of drug-likeness (QED) is 0.464. The fourth-order valence-corrected chi connectivity index (χ4v) is 4.65. The van der Waals surface area contributed by atoms with E-state index in [0.717, 1.165) is 18.2 Å². The number of anilines is 2. The van der Waals surface area contributed by atoms with Gasteiger partial charge in [-0.05, 0) is 49.4 Å². The van der Waals surface area contributed by atoms with Gasteiger partial charge in [0.2, 0.25) is 0 Å². The van der Waals surface area contributed by atoms with Gasteiger partial charge >= 0.3 is 6.03 Å². The topological polar surface area (TPSA) is 113 Å². The predicted octanol–water partition coefficient (Wildman–Crippen LogP) is 4.65. The van der Waals surface area contributed by atoms with E-state index in [2.05, 4.69) is 15.6 Å². The first-order valence-corrected chi connectivity index (χ1v) is 13.4. The summed E-state index contributed by atoms with van der Waals surface area (Å²) in [6.45, 7) is 4.42. The number of halogens is 2. The molecule has 42 heavy (non-hydrogen) atoms. The molecule has 1 aliphatic heterocycles. The van der Waals surface area contributed by atoms with Crippen molar-refractivity contribution < 1.29 is 32.6 Å². The number of carbonyl (C=O) groups excluding carboxylic acids is 3. The van der Waals surface area contributed by atoms with Gasteiger partial charge in [-0.25, -0.2) is 13.6 Å². The summed E-state index contributed by atoms with van der Waals surface area (Å²) in [7, 11) is 3.18. The molecule has 0 spiro atoms. The highest BCUT2D eigenvalue weighted by Gasteiger charge is 2.31. The van der Waals surface area contributed by atoms with Gasteiger partial charge in [0.1, 0.15) is 29.7 Å². The molecule has 0 fully saturated rings. The van der Waals surface area contributed by atoms with E-state index in [9.17, 15) is 23.2 Å². The normalized spacial score (nSPS) is 19.6. The largest absolute Gasteiger partial charge is 0.491 e. The van der Waals surface area contributed by atoms with Crippen LogP contribution < -0.4 is 15.4 Å². The Labute approximate surface area is 242 Å². The molecule has 0 saturated carbocycles. The van der Waals surface area contributed by atoms with Crippen LogP contribution in [0.5, 0.6) is 5.75 Å². The predicted molar refractivity (Wildman–Crippen MR) is 153 cm³/mol. The third-order valence-electron chi connectivity index (χ3n) is 7.02. The maximum Gasteiger partial charge on any atom is 0.323 e. The number of methoxy groups -OCH3 is 1. The summed E-state index contributed by atoms with van der Waals surface area (Å²) in [4.78, 5) is 47.0. The van der Waals surface area contributed by atoms with Gasteiger partial charge in [0, 0.05) is 51.1 Å². The molecule has 0 unspecified atom stereocenters. The minimum Gasteiger partial charge on any atom is -0.491 e. The van der Waals surface area contributed by atoms with Crippen molar-refractivity contribution in [1.82, 2.24) is 14.8 Å². The van der Waals surface area contributed by atoms with Crippen LogP contribution in [0.4, 0.5) is 25.0 Å². The molecular weight excluding hydrogens is 548 g/mol. The van der Waals surface area contributed by atoms with Crippen LogP contribution >= 0.6 is 0 Å². The maximum absolute atomic E-state index is 14.0. The first kappa shape index (κ1) is 30.4. The minimum atomic E-state index is -0.833. The lowest BCUT2D eigenvalue weighted by atomic mass is 10.0. The summed E-state index contributed by atoms with van der Waals surface area (Å²) in [5.41, 5.74) is 0.344. The van der Waals surface area contributed by atoms with Crippen molar-refractivity contribution in [3.8, 4) is 5.75 Å². The molecule has 0 radical (unpaired) electrons. The van der Waals surface area contributed by atoms with E-state index in [1.807, 2.05) is 13.8 Å². The van der Waals surface area contributed by atoms with Crippen LogP contribution in [0, 0.1) is 17.6 Å². The van der Waals surface area contributed by atoms with E-state index in [1.165, 1.54) is 23.1 Å². The Bertz CT molecular complexity index is 1440. The second-order valence-corrected chi connectivity index (χ2v) is 10.2. The second kappa shape index (κ2) is 13.4.